The van der Waals surface area contributed by atoms with Crippen LogP contribution in [-0.2, 0) is 25.7 Å². The van der Waals surface area contributed by atoms with E-state index in [2.05, 4.69) is 5.32 Å². The van der Waals surface area contributed by atoms with Crippen molar-refractivity contribution in [3.8, 4) is 5.75 Å². The van der Waals surface area contributed by atoms with Crippen molar-refractivity contribution < 1.29 is 23.9 Å². The van der Waals surface area contributed by atoms with Gasteiger partial charge in [-0.2, -0.15) is 0 Å². The maximum atomic E-state index is 13.2. The second-order valence-electron chi connectivity index (χ2n) is 8.94. The zero-order valence-electron chi connectivity index (χ0n) is 19.7. The monoisotopic (exact) mass is 455 g/mol. The number of carbonyl (C=O) groups is 4. The summed E-state index contributed by atoms with van der Waals surface area (Å²) in [5.74, 6) is -0.872. The first-order chi connectivity index (χ1) is 15.7. The first-order valence-electron chi connectivity index (χ1n) is 11.5. The summed E-state index contributed by atoms with van der Waals surface area (Å²) in [7, 11) is 1.58. The second kappa shape index (κ2) is 10.6. The quantitative estimate of drug-likeness (QED) is 0.455. The zero-order valence-corrected chi connectivity index (χ0v) is 19.7. The van der Waals surface area contributed by atoms with Gasteiger partial charge in [-0.25, -0.2) is 0 Å². The lowest BCUT2D eigenvalue weighted by Gasteiger charge is -2.30. The number of methoxy groups -OCH3 is 1. The smallest absolute Gasteiger partial charge is 0.242 e. The van der Waals surface area contributed by atoms with Crippen LogP contribution in [0.3, 0.4) is 0 Å². The first kappa shape index (κ1) is 24.5. The molecule has 1 aliphatic carbocycles. The van der Waals surface area contributed by atoms with Gasteiger partial charge >= 0.3 is 0 Å². The van der Waals surface area contributed by atoms with E-state index in [9.17, 15) is 19.2 Å². The SMILES string of the molecule is COc1ccc(CN(C(=O)CCN2C(=O)[C@H]3CC=CC[C@H]3C2=O)[C@@H](C)C(=O)NC(C)C)cc1. The molecule has 0 spiro atoms. The van der Waals surface area contributed by atoms with Crippen LogP contribution >= 0.6 is 0 Å². The molecule has 178 valence electrons. The van der Waals surface area contributed by atoms with Crippen molar-refractivity contribution in [2.75, 3.05) is 13.7 Å². The van der Waals surface area contributed by atoms with E-state index in [4.69, 9.17) is 4.74 Å². The third-order valence-corrected chi connectivity index (χ3v) is 6.26. The van der Waals surface area contributed by atoms with Gasteiger partial charge in [-0.1, -0.05) is 24.3 Å². The predicted octanol–water partition coefficient (Wildman–Crippen LogP) is 2.28. The second-order valence-corrected chi connectivity index (χ2v) is 8.94. The number of carbonyl (C=O) groups excluding carboxylic acids is 4. The fourth-order valence-corrected chi connectivity index (χ4v) is 4.36. The lowest BCUT2D eigenvalue weighted by Crippen LogP contribution is -2.49. The van der Waals surface area contributed by atoms with Crippen molar-refractivity contribution >= 4 is 23.6 Å². The predicted molar refractivity (Wildman–Crippen MR) is 123 cm³/mol. The number of likely N-dealkylation sites (tertiary alicyclic amines) is 1. The van der Waals surface area contributed by atoms with Crippen LogP contribution < -0.4 is 10.1 Å². The van der Waals surface area contributed by atoms with Crippen molar-refractivity contribution in [1.82, 2.24) is 15.1 Å². The molecule has 1 saturated heterocycles. The lowest BCUT2D eigenvalue weighted by molar-refractivity contribution is -0.143. The van der Waals surface area contributed by atoms with Gasteiger partial charge in [0.15, 0.2) is 0 Å². The third-order valence-electron chi connectivity index (χ3n) is 6.26. The number of rotatable bonds is 9. The Bertz CT molecular complexity index is 898. The summed E-state index contributed by atoms with van der Waals surface area (Å²) >= 11 is 0. The Morgan fingerprint density at radius 3 is 2.15 bits per heavy atom. The van der Waals surface area contributed by atoms with Crippen LogP contribution in [0, 0.1) is 11.8 Å². The lowest BCUT2D eigenvalue weighted by atomic mass is 9.85. The van der Waals surface area contributed by atoms with Crippen LogP contribution in [0.15, 0.2) is 36.4 Å². The number of hydrogen-bond acceptors (Lipinski definition) is 5. The van der Waals surface area contributed by atoms with Gasteiger partial charge in [0.2, 0.25) is 23.6 Å². The molecule has 8 nitrogen and oxygen atoms in total. The van der Waals surface area contributed by atoms with Crippen molar-refractivity contribution in [2.24, 2.45) is 11.8 Å². The largest absolute Gasteiger partial charge is 0.497 e. The molecule has 0 radical (unpaired) electrons. The zero-order chi connectivity index (χ0) is 24.1. The summed E-state index contributed by atoms with van der Waals surface area (Å²) in [6.45, 7) is 5.66. The number of hydrogen-bond donors (Lipinski definition) is 1. The van der Waals surface area contributed by atoms with Crippen LogP contribution in [0.25, 0.3) is 0 Å². The number of nitrogens with one attached hydrogen (secondary N) is 1. The Kier molecular flexibility index (Phi) is 7.89. The van der Waals surface area contributed by atoms with E-state index in [1.165, 1.54) is 9.80 Å². The van der Waals surface area contributed by atoms with Crippen molar-refractivity contribution in [3.05, 3.63) is 42.0 Å². The number of ether oxygens (including phenoxy) is 1. The van der Waals surface area contributed by atoms with E-state index in [0.29, 0.717) is 18.6 Å². The van der Waals surface area contributed by atoms with Crippen LogP contribution in [0.2, 0.25) is 0 Å². The molecule has 0 bridgehead atoms. The average molecular weight is 456 g/mol. The summed E-state index contributed by atoms with van der Waals surface area (Å²) in [6, 6.07) is 6.52. The minimum absolute atomic E-state index is 0.0280. The number of nitrogens with zero attached hydrogens (tertiary/aromatic N) is 2. The van der Waals surface area contributed by atoms with Gasteiger partial charge in [-0.15, -0.1) is 0 Å². The molecule has 1 N–H and O–H groups in total. The third kappa shape index (κ3) is 5.61. The van der Waals surface area contributed by atoms with Crippen LogP contribution in [0.1, 0.15) is 45.6 Å². The van der Waals surface area contributed by atoms with Gasteiger partial charge < -0.3 is 15.0 Å². The highest BCUT2D eigenvalue weighted by Crippen LogP contribution is 2.35. The Hall–Kier alpha value is -3.16. The Labute approximate surface area is 194 Å². The molecule has 0 saturated carbocycles. The van der Waals surface area contributed by atoms with Crippen molar-refractivity contribution in [2.45, 2.75) is 58.7 Å². The van der Waals surface area contributed by atoms with E-state index in [0.717, 1.165) is 5.56 Å². The molecule has 1 aliphatic heterocycles. The summed E-state index contributed by atoms with van der Waals surface area (Å²) in [4.78, 5) is 54.1. The molecule has 4 amide bonds. The van der Waals surface area contributed by atoms with Gasteiger partial charge in [0.1, 0.15) is 11.8 Å². The molecule has 1 fully saturated rings. The highest BCUT2D eigenvalue weighted by atomic mass is 16.5. The highest BCUT2D eigenvalue weighted by Gasteiger charge is 2.47. The standard InChI is InChI=1S/C25H33N3O5/c1-16(2)26-23(30)17(3)28(15-18-9-11-19(33-4)12-10-18)22(29)13-14-27-24(31)20-7-5-6-8-21(20)25(27)32/h5-6,9-12,16-17,20-21H,7-8,13-15H2,1-4H3,(H,26,30)/t17-,20-,21+/m0/s1. The van der Waals surface area contributed by atoms with E-state index in [1.807, 2.05) is 38.1 Å². The fraction of sp³-hybridized carbons (Fsp3) is 0.520. The number of imide groups is 1. The molecule has 0 unspecified atom stereocenters. The molecule has 2 aliphatic rings. The molecular weight excluding hydrogens is 422 g/mol. The van der Waals surface area contributed by atoms with Gasteiger partial charge in [-0.3, -0.25) is 24.1 Å². The van der Waals surface area contributed by atoms with E-state index < -0.39 is 6.04 Å². The first-order valence-corrected chi connectivity index (χ1v) is 11.5. The number of amides is 4. The maximum absolute atomic E-state index is 13.2. The van der Waals surface area contributed by atoms with E-state index >= 15 is 0 Å². The topological polar surface area (TPSA) is 96.0 Å². The minimum atomic E-state index is -0.709. The highest BCUT2D eigenvalue weighted by molar-refractivity contribution is 6.05. The molecule has 1 aromatic rings. The molecular formula is C25H33N3O5. The molecule has 0 aromatic heterocycles. The summed E-state index contributed by atoms with van der Waals surface area (Å²) in [5.41, 5.74) is 0.846. The molecule has 1 aromatic carbocycles. The van der Waals surface area contributed by atoms with Gasteiger partial charge in [-0.05, 0) is 51.3 Å². The maximum Gasteiger partial charge on any atom is 0.242 e. The van der Waals surface area contributed by atoms with Crippen molar-refractivity contribution in [1.29, 1.82) is 0 Å². The molecule has 3 atom stereocenters. The van der Waals surface area contributed by atoms with Crippen molar-refractivity contribution in [3.63, 3.8) is 0 Å². The van der Waals surface area contributed by atoms with Crippen LogP contribution in [0.4, 0.5) is 0 Å². The number of benzene rings is 1. The van der Waals surface area contributed by atoms with Gasteiger partial charge in [0, 0.05) is 25.6 Å². The van der Waals surface area contributed by atoms with Crippen LogP contribution in [0.5, 0.6) is 5.75 Å². The summed E-state index contributed by atoms with van der Waals surface area (Å²) < 4.78 is 5.19. The number of allylic oxidation sites excluding steroid dienone is 2. The van der Waals surface area contributed by atoms with Gasteiger partial charge in [0.05, 0.1) is 18.9 Å². The summed E-state index contributed by atoms with van der Waals surface area (Å²) in [5, 5.41) is 2.85. The van der Waals surface area contributed by atoms with E-state index in [-0.39, 0.29) is 61.0 Å². The average Bonchev–Trinajstić information content (AvgIpc) is 3.05. The Morgan fingerprint density at radius 1 is 1.06 bits per heavy atom. The Balaban J connectivity index is 1.71. The van der Waals surface area contributed by atoms with Crippen LogP contribution in [-0.4, -0.2) is 59.2 Å². The molecule has 33 heavy (non-hydrogen) atoms. The Morgan fingerprint density at radius 2 is 1.64 bits per heavy atom. The summed E-state index contributed by atoms with van der Waals surface area (Å²) in [6.07, 6.45) is 4.98. The number of fused-ring (bicyclic) bond motifs is 1. The molecule has 1 heterocycles. The normalized spacial score (nSPS) is 20.6. The minimum Gasteiger partial charge on any atom is -0.497 e. The van der Waals surface area contributed by atoms with Gasteiger partial charge in [0.25, 0.3) is 0 Å². The fourth-order valence-electron chi connectivity index (χ4n) is 4.36. The van der Waals surface area contributed by atoms with E-state index in [1.54, 1.807) is 26.2 Å². The molecule has 3 rings (SSSR count). The molecule has 8 heteroatoms.